The van der Waals surface area contributed by atoms with Gasteiger partial charge < -0.3 is 10.0 Å². The Morgan fingerprint density at radius 2 is 2.14 bits per heavy atom. The molecule has 2 atom stereocenters. The van der Waals surface area contributed by atoms with Gasteiger partial charge >= 0.3 is 0 Å². The highest BCUT2D eigenvalue weighted by atomic mass is 79.9. The van der Waals surface area contributed by atoms with Crippen LogP contribution in [0.15, 0.2) is 11.1 Å². The number of aliphatic hydroxyl groups excluding tert-OH is 1. The van der Waals surface area contributed by atoms with E-state index in [0.717, 1.165) is 24.0 Å². The highest BCUT2D eigenvalue weighted by Gasteiger charge is 2.23. The van der Waals surface area contributed by atoms with Gasteiger partial charge in [-0.15, -0.1) is 0 Å². The molecule has 3 heteroatoms. The molecule has 0 aliphatic heterocycles. The van der Waals surface area contributed by atoms with Crippen molar-refractivity contribution in [1.82, 2.24) is 4.90 Å². The van der Waals surface area contributed by atoms with Crippen molar-refractivity contribution in [2.24, 2.45) is 5.92 Å². The Bertz CT molecular complexity index is 196. The van der Waals surface area contributed by atoms with Gasteiger partial charge in [0.15, 0.2) is 0 Å². The number of hydrogen-bond donors (Lipinski definition) is 1. The molecule has 1 aliphatic rings. The molecule has 0 aromatic carbocycles. The smallest absolute Gasteiger partial charge is 0.0580 e. The van der Waals surface area contributed by atoms with Crippen LogP contribution in [0.25, 0.3) is 0 Å². The molecule has 1 aliphatic carbocycles. The van der Waals surface area contributed by atoms with Gasteiger partial charge in [-0.05, 0) is 25.8 Å². The molecule has 0 amide bonds. The third kappa shape index (κ3) is 4.11. The minimum atomic E-state index is -0.0882. The van der Waals surface area contributed by atoms with Crippen LogP contribution in [0.2, 0.25) is 0 Å². The molecule has 2 unspecified atom stereocenters. The van der Waals surface area contributed by atoms with Crippen LogP contribution in [0, 0.1) is 5.92 Å². The van der Waals surface area contributed by atoms with E-state index in [4.69, 9.17) is 0 Å². The molecule has 0 bridgehead atoms. The third-order valence-electron chi connectivity index (χ3n) is 2.86. The Morgan fingerprint density at radius 1 is 1.50 bits per heavy atom. The normalized spacial score (nSPS) is 28.0. The van der Waals surface area contributed by atoms with Crippen LogP contribution in [0.5, 0.6) is 0 Å². The Balaban J connectivity index is 2.30. The van der Waals surface area contributed by atoms with Gasteiger partial charge in [0.2, 0.25) is 0 Å². The molecule has 0 radical (unpaired) electrons. The quantitative estimate of drug-likeness (QED) is 0.840. The monoisotopic (exact) mass is 261 g/mol. The summed E-state index contributed by atoms with van der Waals surface area (Å²) in [6.07, 6.45) is 4.51. The molecule has 0 heterocycles. The predicted octanol–water partition coefficient (Wildman–Crippen LogP) is 2.38. The molecule has 82 valence electrons. The average molecular weight is 262 g/mol. The maximum Gasteiger partial charge on any atom is 0.0580 e. The second-order valence-electron chi connectivity index (χ2n) is 4.33. The summed E-state index contributed by atoms with van der Waals surface area (Å²) in [6.45, 7) is 5.66. The van der Waals surface area contributed by atoms with Gasteiger partial charge in [-0.25, -0.2) is 0 Å². The van der Waals surface area contributed by atoms with Gasteiger partial charge in [0.1, 0.15) is 0 Å². The highest BCUT2D eigenvalue weighted by molar-refractivity contribution is 9.11. The maximum atomic E-state index is 9.79. The van der Waals surface area contributed by atoms with E-state index in [2.05, 4.69) is 34.5 Å². The van der Waals surface area contributed by atoms with Crippen LogP contribution in [-0.2, 0) is 0 Å². The molecular weight excluding hydrogens is 242 g/mol. The first-order chi connectivity index (χ1) is 6.59. The van der Waals surface area contributed by atoms with E-state index < -0.39 is 0 Å². The molecule has 14 heavy (non-hydrogen) atoms. The number of hydrogen-bond acceptors (Lipinski definition) is 2. The lowest BCUT2D eigenvalue weighted by molar-refractivity contribution is 0.0532. The summed E-state index contributed by atoms with van der Waals surface area (Å²) in [4.78, 5) is 2.22. The minimum absolute atomic E-state index is 0.0882. The number of rotatable bonds is 4. The van der Waals surface area contributed by atoms with Crippen molar-refractivity contribution >= 4 is 15.9 Å². The van der Waals surface area contributed by atoms with Crippen molar-refractivity contribution < 1.29 is 5.11 Å². The topological polar surface area (TPSA) is 23.5 Å². The van der Waals surface area contributed by atoms with E-state index >= 15 is 0 Å². The molecule has 1 saturated carbocycles. The summed E-state index contributed by atoms with van der Waals surface area (Å²) in [5, 5.41) is 9.79. The number of halogens is 1. The summed E-state index contributed by atoms with van der Waals surface area (Å²) in [5.41, 5.74) is 0. The van der Waals surface area contributed by atoms with Crippen molar-refractivity contribution in [3.8, 4) is 0 Å². The maximum absolute atomic E-state index is 9.79. The van der Waals surface area contributed by atoms with Crippen molar-refractivity contribution in [3.63, 3.8) is 0 Å². The fourth-order valence-corrected chi connectivity index (χ4v) is 2.59. The van der Waals surface area contributed by atoms with E-state index in [0.29, 0.717) is 5.92 Å². The molecule has 0 spiro atoms. The van der Waals surface area contributed by atoms with Crippen LogP contribution in [0.4, 0.5) is 0 Å². The van der Waals surface area contributed by atoms with Crippen LogP contribution in [0.1, 0.15) is 25.7 Å². The first-order valence-electron chi connectivity index (χ1n) is 5.29. The first-order valence-corrected chi connectivity index (χ1v) is 6.09. The molecule has 0 aromatic heterocycles. The average Bonchev–Trinajstić information content (AvgIpc) is 2.07. The Kier molecular flexibility index (Phi) is 5.13. The van der Waals surface area contributed by atoms with E-state index in [9.17, 15) is 5.11 Å². The minimum Gasteiger partial charge on any atom is -0.393 e. The van der Waals surface area contributed by atoms with E-state index in [1.54, 1.807) is 0 Å². The van der Waals surface area contributed by atoms with Crippen molar-refractivity contribution in [2.45, 2.75) is 31.8 Å². The largest absolute Gasteiger partial charge is 0.393 e. The standard InChI is InChI=1S/C11H20BrNO/c1-9(12)7-13(2)8-10-5-3-4-6-11(10)14/h10-11,14H,1,3-8H2,2H3. The lowest BCUT2D eigenvalue weighted by atomic mass is 9.86. The van der Waals surface area contributed by atoms with Gasteiger partial charge in [-0.1, -0.05) is 35.4 Å². The summed E-state index contributed by atoms with van der Waals surface area (Å²) in [7, 11) is 2.08. The predicted molar refractivity (Wildman–Crippen MR) is 63.5 cm³/mol. The zero-order valence-electron chi connectivity index (χ0n) is 8.88. The van der Waals surface area contributed by atoms with Crippen molar-refractivity contribution in [2.75, 3.05) is 20.1 Å². The fourth-order valence-electron chi connectivity index (χ4n) is 2.16. The van der Waals surface area contributed by atoms with Gasteiger partial charge in [0.25, 0.3) is 0 Å². The molecule has 1 fully saturated rings. The van der Waals surface area contributed by atoms with E-state index in [-0.39, 0.29) is 6.10 Å². The summed E-state index contributed by atoms with van der Waals surface area (Å²) < 4.78 is 1.00. The third-order valence-corrected chi connectivity index (χ3v) is 3.11. The van der Waals surface area contributed by atoms with E-state index in [1.807, 2.05) is 0 Å². The van der Waals surface area contributed by atoms with Gasteiger partial charge in [-0.2, -0.15) is 0 Å². The fraction of sp³-hybridized carbons (Fsp3) is 0.818. The van der Waals surface area contributed by atoms with Crippen LogP contribution in [-0.4, -0.2) is 36.2 Å². The summed E-state index contributed by atoms with van der Waals surface area (Å²) in [5.74, 6) is 0.459. The zero-order valence-corrected chi connectivity index (χ0v) is 10.5. The zero-order chi connectivity index (χ0) is 10.6. The lowest BCUT2D eigenvalue weighted by Gasteiger charge is -2.31. The molecule has 1 N–H and O–H groups in total. The Hall–Kier alpha value is 0.140. The molecule has 0 aromatic rings. The van der Waals surface area contributed by atoms with Gasteiger partial charge in [0.05, 0.1) is 6.10 Å². The number of nitrogens with zero attached hydrogens (tertiary/aromatic N) is 1. The number of likely N-dealkylation sites (N-methyl/N-ethyl adjacent to an activating group) is 1. The van der Waals surface area contributed by atoms with Crippen LogP contribution < -0.4 is 0 Å². The second kappa shape index (κ2) is 5.89. The first kappa shape index (κ1) is 12.2. The lowest BCUT2D eigenvalue weighted by Crippen LogP contribution is -2.35. The molecular formula is C11H20BrNO. The second-order valence-corrected chi connectivity index (χ2v) is 5.45. The molecule has 1 rings (SSSR count). The molecule has 0 saturated heterocycles. The van der Waals surface area contributed by atoms with Crippen molar-refractivity contribution in [3.05, 3.63) is 11.1 Å². The molecule has 2 nitrogen and oxygen atoms in total. The van der Waals surface area contributed by atoms with Crippen LogP contribution >= 0.6 is 15.9 Å². The SMILES string of the molecule is C=C(Br)CN(C)CC1CCCCC1O. The van der Waals surface area contributed by atoms with Crippen molar-refractivity contribution in [1.29, 1.82) is 0 Å². The van der Waals surface area contributed by atoms with Gasteiger partial charge in [-0.3, -0.25) is 0 Å². The summed E-state index contributed by atoms with van der Waals surface area (Å²) >= 11 is 3.36. The van der Waals surface area contributed by atoms with E-state index in [1.165, 1.54) is 19.3 Å². The Morgan fingerprint density at radius 3 is 2.71 bits per heavy atom. The summed E-state index contributed by atoms with van der Waals surface area (Å²) in [6, 6.07) is 0. The van der Waals surface area contributed by atoms with Crippen LogP contribution in [0.3, 0.4) is 0 Å². The number of aliphatic hydroxyl groups is 1. The Labute approximate surface area is 95.1 Å². The van der Waals surface area contributed by atoms with Gasteiger partial charge in [0, 0.05) is 17.6 Å². The highest BCUT2D eigenvalue weighted by Crippen LogP contribution is 2.25.